The van der Waals surface area contributed by atoms with E-state index in [1.54, 1.807) is 6.21 Å². The molecule has 0 saturated carbocycles. The van der Waals surface area contributed by atoms with Crippen molar-refractivity contribution in [3.8, 4) is 5.69 Å². The fraction of sp³-hybridized carbons (Fsp3) is 0.318. The number of nitrogens with one attached hydrogen (secondary N) is 1. The summed E-state index contributed by atoms with van der Waals surface area (Å²) in [5, 5.41) is 8.96. The molecule has 0 radical (unpaired) electrons. The average Bonchev–Trinajstić information content (AvgIpc) is 3.11. The molecule has 9 heteroatoms. The summed E-state index contributed by atoms with van der Waals surface area (Å²) in [6, 6.07) is 12.1. The third-order valence-electron chi connectivity index (χ3n) is 5.20. The summed E-state index contributed by atoms with van der Waals surface area (Å²) in [6.45, 7) is 3.80. The Morgan fingerprint density at radius 3 is 2.42 bits per heavy atom. The van der Waals surface area contributed by atoms with Crippen molar-refractivity contribution in [2.24, 2.45) is 5.10 Å². The van der Waals surface area contributed by atoms with E-state index in [0.717, 1.165) is 61.0 Å². The molecule has 3 heterocycles. The molecule has 1 aromatic carbocycles. The van der Waals surface area contributed by atoms with Crippen LogP contribution in [-0.2, 0) is 6.18 Å². The Hall–Kier alpha value is -3.36. The van der Waals surface area contributed by atoms with Gasteiger partial charge < -0.3 is 4.90 Å². The Labute approximate surface area is 178 Å². The summed E-state index contributed by atoms with van der Waals surface area (Å²) in [7, 11) is 0. The predicted molar refractivity (Wildman–Crippen MR) is 115 cm³/mol. The summed E-state index contributed by atoms with van der Waals surface area (Å²) in [5.74, 6) is 1.20. The maximum atomic E-state index is 12.7. The number of hydrogen-bond acceptors (Lipinski definition) is 5. The van der Waals surface area contributed by atoms with E-state index < -0.39 is 11.7 Å². The van der Waals surface area contributed by atoms with Crippen LogP contribution in [0, 0.1) is 6.92 Å². The lowest BCUT2D eigenvalue weighted by atomic mass is 10.1. The van der Waals surface area contributed by atoms with E-state index in [9.17, 15) is 13.2 Å². The van der Waals surface area contributed by atoms with Gasteiger partial charge in [0.1, 0.15) is 11.6 Å². The van der Waals surface area contributed by atoms with Gasteiger partial charge in [0, 0.05) is 19.3 Å². The third kappa shape index (κ3) is 4.70. The topological polar surface area (TPSA) is 58.3 Å². The van der Waals surface area contributed by atoms with Gasteiger partial charge in [-0.05, 0) is 50.5 Å². The molecule has 1 aliphatic rings. The van der Waals surface area contributed by atoms with E-state index in [-0.39, 0.29) is 5.82 Å². The maximum absolute atomic E-state index is 12.7. The average molecular weight is 428 g/mol. The molecule has 0 amide bonds. The highest BCUT2D eigenvalue weighted by Gasteiger charge is 2.30. The molecular formula is C22H23F3N6. The number of rotatable bonds is 5. The van der Waals surface area contributed by atoms with Gasteiger partial charge in [-0.1, -0.05) is 18.2 Å². The van der Waals surface area contributed by atoms with Crippen molar-refractivity contribution in [3.05, 3.63) is 65.5 Å². The van der Waals surface area contributed by atoms with Gasteiger partial charge >= 0.3 is 6.18 Å². The van der Waals surface area contributed by atoms with Gasteiger partial charge in [-0.15, -0.1) is 0 Å². The Kier molecular flexibility index (Phi) is 5.92. The number of hydrogen-bond donors (Lipinski definition) is 1. The number of para-hydroxylation sites is 1. The first-order valence-corrected chi connectivity index (χ1v) is 10.2. The number of pyridine rings is 1. The molecule has 1 saturated heterocycles. The highest BCUT2D eigenvalue weighted by atomic mass is 19.4. The van der Waals surface area contributed by atoms with Crippen LogP contribution >= 0.6 is 0 Å². The van der Waals surface area contributed by atoms with Crippen molar-refractivity contribution < 1.29 is 13.2 Å². The number of anilines is 2. The zero-order valence-corrected chi connectivity index (χ0v) is 17.1. The Balaban J connectivity index is 1.62. The number of hydrazone groups is 1. The first-order chi connectivity index (χ1) is 14.9. The standard InChI is InChI=1S/C22H23F3N6/c1-16-19(15-27-28-20-11-10-17(14-26-20)22(23,24)25)21(30-12-6-3-7-13-30)31(29-16)18-8-4-2-5-9-18/h2,4-5,8-11,14-15H,3,6-7,12-13H2,1H3,(H,26,28)/b27-15+. The molecule has 0 aliphatic carbocycles. The van der Waals surface area contributed by atoms with Gasteiger partial charge in [-0.25, -0.2) is 9.67 Å². The molecule has 4 rings (SSSR count). The highest BCUT2D eigenvalue weighted by Crippen LogP contribution is 2.30. The summed E-state index contributed by atoms with van der Waals surface area (Å²) in [4.78, 5) is 6.10. The quantitative estimate of drug-likeness (QED) is 0.457. The maximum Gasteiger partial charge on any atom is 0.417 e. The van der Waals surface area contributed by atoms with Gasteiger partial charge in [0.25, 0.3) is 0 Å². The van der Waals surface area contributed by atoms with Gasteiger partial charge in [0.05, 0.1) is 28.7 Å². The van der Waals surface area contributed by atoms with Crippen LogP contribution in [0.15, 0.2) is 53.8 Å². The second kappa shape index (κ2) is 8.79. The van der Waals surface area contributed by atoms with E-state index in [4.69, 9.17) is 5.10 Å². The van der Waals surface area contributed by atoms with E-state index in [1.807, 2.05) is 41.9 Å². The number of halogens is 3. The number of alkyl halides is 3. The van der Waals surface area contributed by atoms with Crippen LogP contribution in [0.4, 0.5) is 24.8 Å². The molecule has 3 aromatic rings. The normalized spacial score (nSPS) is 14.9. The fourth-order valence-electron chi connectivity index (χ4n) is 3.63. The first-order valence-electron chi connectivity index (χ1n) is 10.2. The third-order valence-corrected chi connectivity index (χ3v) is 5.20. The monoisotopic (exact) mass is 428 g/mol. The van der Waals surface area contributed by atoms with Crippen molar-refractivity contribution in [2.45, 2.75) is 32.4 Å². The van der Waals surface area contributed by atoms with Crippen LogP contribution in [0.2, 0.25) is 0 Å². The summed E-state index contributed by atoms with van der Waals surface area (Å²) < 4.78 is 40.0. The van der Waals surface area contributed by atoms with E-state index in [1.165, 1.54) is 12.5 Å². The van der Waals surface area contributed by atoms with Crippen molar-refractivity contribution in [1.82, 2.24) is 14.8 Å². The lowest BCUT2D eigenvalue weighted by Crippen LogP contribution is -2.32. The minimum atomic E-state index is -4.42. The lowest BCUT2D eigenvalue weighted by molar-refractivity contribution is -0.137. The van der Waals surface area contributed by atoms with Crippen molar-refractivity contribution in [2.75, 3.05) is 23.4 Å². The molecule has 31 heavy (non-hydrogen) atoms. The number of aryl methyl sites for hydroxylation is 1. The van der Waals surface area contributed by atoms with Gasteiger partial charge in [0.2, 0.25) is 0 Å². The van der Waals surface area contributed by atoms with Gasteiger partial charge in [0.15, 0.2) is 0 Å². The van der Waals surface area contributed by atoms with Gasteiger partial charge in [-0.3, -0.25) is 5.43 Å². The predicted octanol–water partition coefficient (Wildman–Crippen LogP) is 5.03. The largest absolute Gasteiger partial charge is 0.417 e. The summed E-state index contributed by atoms with van der Waals surface area (Å²) >= 11 is 0. The molecule has 0 bridgehead atoms. The van der Waals surface area contributed by atoms with Gasteiger partial charge in [-0.2, -0.15) is 23.4 Å². The van der Waals surface area contributed by atoms with Crippen molar-refractivity contribution >= 4 is 17.9 Å². The SMILES string of the molecule is Cc1nn(-c2ccccc2)c(N2CCCCC2)c1/C=N/Nc1ccc(C(F)(F)F)cn1. The van der Waals surface area contributed by atoms with Crippen LogP contribution in [-0.4, -0.2) is 34.1 Å². The molecule has 1 N–H and O–H groups in total. The molecule has 0 atom stereocenters. The number of nitrogens with zero attached hydrogens (tertiary/aromatic N) is 5. The second-order valence-corrected chi connectivity index (χ2v) is 7.42. The lowest BCUT2D eigenvalue weighted by Gasteiger charge is -2.29. The molecule has 0 spiro atoms. The zero-order chi connectivity index (χ0) is 21.8. The van der Waals surface area contributed by atoms with Crippen molar-refractivity contribution in [3.63, 3.8) is 0 Å². The Bertz CT molecular complexity index is 1040. The molecule has 162 valence electrons. The highest BCUT2D eigenvalue weighted by molar-refractivity contribution is 5.89. The zero-order valence-electron chi connectivity index (χ0n) is 17.1. The summed E-state index contributed by atoms with van der Waals surface area (Å²) in [6.07, 6.45) is 1.47. The van der Waals surface area contributed by atoms with E-state index in [2.05, 4.69) is 20.4 Å². The first kappa shape index (κ1) is 20.9. The van der Waals surface area contributed by atoms with Crippen molar-refractivity contribution in [1.29, 1.82) is 0 Å². The molecule has 1 aliphatic heterocycles. The Morgan fingerprint density at radius 2 is 1.77 bits per heavy atom. The minimum Gasteiger partial charge on any atom is -0.356 e. The van der Waals surface area contributed by atoms with E-state index in [0.29, 0.717) is 0 Å². The van der Waals surface area contributed by atoms with Crippen LogP contribution in [0.25, 0.3) is 5.69 Å². The van der Waals surface area contributed by atoms with Crippen LogP contribution < -0.4 is 10.3 Å². The molecular weight excluding hydrogens is 405 g/mol. The van der Waals surface area contributed by atoms with Crippen LogP contribution in [0.3, 0.4) is 0 Å². The number of benzene rings is 1. The molecule has 1 fully saturated rings. The Morgan fingerprint density at radius 1 is 1.03 bits per heavy atom. The number of piperidine rings is 1. The summed E-state index contributed by atoms with van der Waals surface area (Å²) in [5.41, 5.74) is 4.56. The number of aromatic nitrogens is 3. The second-order valence-electron chi connectivity index (χ2n) is 7.42. The van der Waals surface area contributed by atoms with Crippen LogP contribution in [0.5, 0.6) is 0 Å². The molecule has 2 aromatic heterocycles. The minimum absolute atomic E-state index is 0.233. The molecule has 0 unspecified atom stereocenters. The molecule has 6 nitrogen and oxygen atoms in total. The van der Waals surface area contributed by atoms with E-state index >= 15 is 0 Å². The van der Waals surface area contributed by atoms with Crippen LogP contribution in [0.1, 0.15) is 36.1 Å². The smallest absolute Gasteiger partial charge is 0.356 e. The fourth-order valence-corrected chi connectivity index (χ4v) is 3.63.